The Morgan fingerprint density at radius 2 is 0.792 bits per heavy atom. The molecular weight excluding hydrogens is 682 g/mol. The van der Waals surface area contributed by atoms with Crippen molar-refractivity contribution in [2.75, 3.05) is 0 Å². The van der Waals surface area contributed by atoms with Crippen LogP contribution in [0.15, 0.2) is 36.7 Å². The minimum atomic E-state index is -4.34. The van der Waals surface area contributed by atoms with Gasteiger partial charge in [0.1, 0.15) is 11.4 Å². The average Bonchev–Trinajstić information content (AvgIpc) is 3.17. The number of pyridine rings is 2. The SMILES string of the molecule is CCCCC[C@H]1CC[C@H]([C@H]2CC[C@H](c3ccc(C(F)(F)F)nc3)CC2)CC1.CCCC[C@H]1CC[C@H]([C@H]2CC[C@H](c3ccc(C(F)(F)F)nc3)CC2)CC1. The molecule has 298 valence electrons. The van der Waals surface area contributed by atoms with E-state index in [1.54, 1.807) is 12.1 Å². The lowest BCUT2D eigenvalue weighted by atomic mass is 9.68. The van der Waals surface area contributed by atoms with E-state index in [1.165, 1.54) is 134 Å². The lowest BCUT2D eigenvalue weighted by molar-refractivity contribution is -0.142. The van der Waals surface area contributed by atoms with Crippen molar-refractivity contribution in [3.8, 4) is 0 Å². The number of halogens is 6. The number of hydrogen-bond acceptors (Lipinski definition) is 2. The second kappa shape index (κ2) is 20.2. The molecule has 53 heavy (non-hydrogen) atoms. The Hall–Kier alpha value is -2.12. The number of rotatable bonds is 11. The molecule has 2 aromatic heterocycles. The van der Waals surface area contributed by atoms with Gasteiger partial charge in [-0.15, -0.1) is 0 Å². The quantitative estimate of drug-likeness (QED) is 0.169. The Morgan fingerprint density at radius 3 is 1.09 bits per heavy atom. The first-order valence-corrected chi connectivity index (χ1v) is 21.5. The Bertz CT molecular complexity index is 1290. The minimum absolute atomic E-state index is 0.390. The maximum atomic E-state index is 12.7. The van der Waals surface area contributed by atoms with Gasteiger partial charge >= 0.3 is 12.4 Å². The van der Waals surface area contributed by atoms with Gasteiger partial charge in [-0.3, -0.25) is 9.97 Å². The summed E-state index contributed by atoms with van der Waals surface area (Å²) < 4.78 is 76.0. The molecule has 4 aliphatic rings. The van der Waals surface area contributed by atoms with Crippen LogP contribution in [0.25, 0.3) is 0 Å². The van der Waals surface area contributed by atoms with Crippen LogP contribution in [0.5, 0.6) is 0 Å². The first-order valence-electron chi connectivity index (χ1n) is 21.5. The molecular formula is C45H66F6N2. The Kier molecular flexibility index (Phi) is 16.0. The Labute approximate surface area is 316 Å². The first kappa shape index (κ1) is 42.0. The van der Waals surface area contributed by atoms with E-state index in [1.807, 2.05) is 0 Å². The molecule has 0 unspecified atom stereocenters. The highest BCUT2D eigenvalue weighted by atomic mass is 19.4. The van der Waals surface area contributed by atoms with Crippen LogP contribution in [0.4, 0.5) is 26.3 Å². The molecule has 0 N–H and O–H groups in total. The van der Waals surface area contributed by atoms with Crippen LogP contribution in [-0.4, -0.2) is 9.97 Å². The first-order chi connectivity index (χ1) is 25.4. The maximum absolute atomic E-state index is 12.7. The van der Waals surface area contributed by atoms with Gasteiger partial charge in [0, 0.05) is 12.4 Å². The highest BCUT2D eigenvalue weighted by molar-refractivity contribution is 5.21. The molecule has 6 rings (SSSR count). The molecule has 0 atom stereocenters. The summed E-state index contributed by atoms with van der Waals surface area (Å²) in [6.45, 7) is 4.55. The molecule has 0 radical (unpaired) electrons. The highest BCUT2D eigenvalue weighted by Gasteiger charge is 2.36. The van der Waals surface area contributed by atoms with Crippen LogP contribution in [0.1, 0.15) is 196 Å². The molecule has 0 spiro atoms. The van der Waals surface area contributed by atoms with Gasteiger partial charge in [-0.25, -0.2) is 0 Å². The fourth-order valence-electron chi connectivity index (χ4n) is 10.5. The van der Waals surface area contributed by atoms with E-state index in [4.69, 9.17) is 0 Å². The van der Waals surface area contributed by atoms with E-state index in [0.717, 1.165) is 84.5 Å². The largest absolute Gasteiger partial charge is 0.433 e. The van der Waals surface area contributed by atoms with Gasteiger partial charge in [-0.2, -0.15) is 26.3 Å². The molecule has 0 saturated heterocycles. The predicted octanol–water partition coefficient (Wildman–Crippen LogP) is 15.1. The summed E-state index contributed by atoms with van der Waals surface area (Å²) in [6.07, 6.45) is 24.4. The van der Waals surface area contributed by atoms with Gasteiger partial charge in [0.2, 0.25) is 0 Å². The lowest BCUT2D eigenvalue weighted by Crippen LogP contribution is -2.25. The lowest BCUT2D eigenvalue weighted by Gasteiger charge is -2.38. The zero-order valence-electron chi connectivity index (χ0n) is 32.5. The third-order valence-electron chi connectivity index (χ3n) is 13.9. The minimum Gasteiger partial charge on any atom is -0.251 e. The number of hydrogen-bond donors (Lipinski definition) is 0. The summed E-state index contributed by atoms with van der Waals surface area (Å²) in [5.74, 6) is 6.14. The van der Waals surface area contributed by atoms with Gasteiger partial charge in [-0.05, 0) is 148 Å². The second-order valence-electron chi connectivity index (χ2n) is 17.4. The average molecular weight is 749 g/mol. The van der Waals surface area contributed by atoms with Gasteiger partial charge < -0.3 is 0 Å². The number of unbranched alkanes of at least 4 members (excludes halogenated alkanes) is 3. The molecule has 2 aromatic rings. The zero-order valence-corrected chi connectivity index (χ0v) is 32.5. The van der Waals surface area contributed by atoms with Crippen molar-refractivity contribution in [2.45, 2.75) is 186 Å². The number of alkyl halides is 6. The summed E-state index contributed by atoms with van der Waals surface area (Å²) in [7, 11) is 0. The summed E-state index contributed by atoms with van der Waals surface area (Å²) in [5, 5.41) is 0. The Morgan fingerprint density at radius 1 is 0.453 bits per heavy atom. The molecule has 0 aromatic carbocycles. The summed E-state index contributed by atoms with van der Waals surface area (Å²) in [5.41, 5.74) is 0.409. The predicted molar refractivity (Wildman–Crippen MR) is 202 cm³/mol. The van der Waals surface area contributed by atoms with E-state index in [9.17, 15) is 26.3 Å². The Balaban J connectivity index is 0.000000204. The molecule has 4 saturated carbocycles. The van der Waals surface area contributed by atoms with E-state index in [-0.39, 0.29) is 0 Å². The molecule has 0 bridgehead atoms. The third kappa shape index (κ3) is 12.7. The van der Waals surface area contributed by atoms with Crippen LogP contribution in [0, 0.1) is 35.5 Å². The number of aromatic nitrogens is 2. The topological polar surface area (TPSA) is 25.8 Å². The smallest absolute Gasteiger partial charge is 0.251 e. The van der Waals surface area contributed by atoms with E-state index in [2.05, 4.69) is 23.8 Å². The molecule has 0 amide bonds. The van der Waals surface area contributed by atoms with Crippen molar-refractivity contribution < 1.29 is 26.3 Å². The van der Waals surface area contributed by atoms with E-state index >= 15 is 0 Å². The van der Waals surface area contributed by atoms with E-state index < -0.39 is 23.7 Å². The summed E-state index contributed by atoms with van der Waals surface area (Å²) >= 11 is 0. The van der Waals surface area contributed by atoms with Crippen molar-refractivity contribution >= 4 is 0 Å². The van der Waals surface area contributed by atoms with Crippen LogP contribution in [0.3, 0.4) is 0 Å². The maximum Gasteiger partial charge on any atom is 0.433 e. The van der Waals surface area contributed by atoms with Crippen molar-refractivity contribution in [3.63, 3.8) is 0 Å². The fourth-order valence-corrected chi connectivity index (χ4v) is 10.5. The highest BCUT2D eigenvalue weighted by Crippen LogP contribution is 2.46. The van der Waals surface area contributed by atoms with Crippen molar-refractivity contribution in [1.29, 1.82) is 0 Å². The van der Waals surface area contributed by atoms with Gasteiger partial charge in [0.15, 0.2) is 0 Å². The van der Waals surface area contributed by atoms with Crippen LogP contribution in [-0.2, 0) is 12.4 Å². The van der Waals surface area contributed by atoms with Gasteiger partial charge in [0.05, 0.1) is 0 Å². The van der Waals surface area contributed by atoms with Crippen molar-refractivity contribution in [2.24, 2.45) is 35.5 Å². The summed E-state index contributed by atoms with van der Waals surface area (Å²) in [6, 6.07) is 5.56. The molecule has 4 fully saturated rings. The van der Waals surface area contributed by atoms with Crippen LogP contribution >= 0.6 is 0 Å². The molecule has 2 heterocycles. The van der Waals surface area contributed by atoms with Gasteiger partial charge in [0.25, 0.3) is 0 Å². The van der Waals surface area contributed by atoms with E-state index in [0.29, 0.717) is 11.8 Å². The number of nitrogens with zero attached hydrogens (tertiary/aromatic N) is 2. The standard InChI is InChI=1S/C23H34F3N.C22H32F3N/c1-2-3-4-5-17-6-8-18(9-7-17)19-10-12-20(13-11-19)21-14-15-22(27-16-21)23(24,25)26;1-2-3-4-16-5-7-17(8-6-16)18-9-11-19(12-10-18)20-13-14-21(26-15-20)22(23,24)25/h14-20H,2-13H2,1H3;13-19H,2-12H2,1H3/t17-,18-,19-,20-;16-,17-,18-,19-. The molecule has 2 nitrogen and oxygen atoms in total. The third-order valence-corrected chi connectivity index (χ3v) is 13.9. The second-order valence-corrected chi connectivity index (χ2v) is 17.4. The van der Waals surface area contributed by atoms with Gasteiger partial charge in [-0.1, -0.05) is 96.6 Å². The van der Waals surface area contributed by atoms with Crippen molar-refractivity contribution in [3.05, 3.63) is 59.2 Å². The monoisotopic (exact) mass is 749 g/mol. The normalized spacial score (nSPS) is 30.0. The fraction of sp³-hybridized carbons (Fsp3) is 0.778. The zero-order chi connectivity index (χ0) is 37.8. The molecule has 8 heteroatoms. The van der Waals surface area contributed by atoms with Crippen LogP contribution < -0.4 is 0 Å². The molecule has 0 aliphatic heterocycles. The van der Waals surface area contributed by atoms with Crippen LogP contribution in [0.2, 0.25) is 0 Å². The summed E-state index contributed by atoms with van der Waals surface area (Å²) in [4.78, 5) is 7.29. The molecule has 4 aliphatic carbocycles. The van der Waals surface area contributed by atoms with Crippen molar-refractivity contribution in [1.82, 2.24) is 9.97 Å².